The van der Waals surface area contributed by atoms with Crippen molar-refractivity contribution >= 4 is 17.7 Å². The Morgan fingerprint density at radius 2 is 1.62 bits per heavy atom. The number of esters is 1. The van der Waals surface area contributed by atoms with Gasteiger partial charge in [0.25, 0.3) is 0 Å². The van der Waals surface area contributed by atoms with Gasteiger partial charge in [-0.3, -0.25) is 9.80 Å². The number of piperidine rings is 1. The third kappa shape index (κ3) is 5.09. The number of methoxy groups -OCH3 is 1. The summed E-state index contributed by atoms with van der Waals surface area (Å²) in [5.74, 6) is -0.638. The zero-order chi connectivity index (χ0) is 26.2. The lowest BCUT2D eigenvalue weighted by Gasteiger charge is -2.37. The summed E-state index contributed by atoms with van der Waals surface area (Å²) in [6.07, 6.45) is 1.18. The van der Waals surface area contributed by atoms with Crippen molar-refractivity contribution in [1.82, 2.24) is 4.90 Å². The molecule has 2 fully saturated rings. The number of benzene rings is 3. The Morgan fingerprint density at radius 3 is 2.22 bits per heavy atom. The maximum absolute atomic E-state index is 13.4. The fourth-order valence-corrected chi connectivity index (χ4v) is 5.57. The Hall–Kier alpha value is -3.71. The van der Waals surface area contributed by atoms with Crippen LogP contribution in [0.1, 0.15) is 39.9 Å². The lowest BCUT2D eigenvalue weighted by molar-refractivity contribution is -0.000986. The topological polar surface area (TPSA) is 59.1 Å². The highest BCUT2D eigenvalue weighted by Gasteiger charge is 2.47. The maximum Gasteiger partial charge on any atom is 0.415 e. The molecule has 3 aromatic carbocycles. The Kier molecular flexibility index (Phi) is 6.73. The van der Waals surface area contributed by atoms with E-state index in [0.717, 1.165) is 43.6 Å². The van der Waals surface area contributed by atoms with Gasteiger partial charge in [-0.25, -0.2) is 14.0 Å². The number of hydrogen-bond acceptors (Lipinski definition) is 5. The third-order valence-electron chi connectivity index (χ3n) is 7.47. The molecule has 6 nitrogen and oxygen atoms in total. The van der Waals surface area contributed by atoms with E-state index in [9.17, 15) is 14.0 Å². The van der Waals surface area contributed by atoms with Gasteiger partial charge in [-0.1, -0.05) is 24.3 Å². The molecular weight excluding hydrogens is 471 g/mol. The van der Waals surface area contributed by atoms with Gasteiger partial charge in [0.1, 0.15) is 11.4 Å². The van der Waals surface area contributed by atoms with Gasteiger partial charge in [-0.15, -0.1) is 0 Å². The first-order valence-corrected chi connectivity index (χ1v) is 12.5. The zero-order valence-corrected chi connectivity index (χ0v) is 21.4. The molecule has 2 aliphatic rings. The van der Waals surface area contributed by atoms with Gasteiger partial charge in [-0.05, 0) is 78.1 Å². The van der Waals surface area contributed by atoms with E-state index in [0.29, 0.717) is 17.8 Å². The molecule has 5 rings (SSSR count). The molecule has 0 aliphatic carbocycles. The second-order valence-electron chi connectivity index (χ2n) is 10.1. The summed E-state index contributed by atoms with van der Waals surface area (Å²) in [4.78, 5) is 28.5. The predicted molar refractivity (Wildman–Crippen MR) is 140 cm³/mol. The zero-order valence-electron chi connectivity index (χ0n) is 21.4. The minimum absolute atomic E-state index is 0.230. The number of carbonyl (C=O) groups excluding carboxylic acids is 2. The van der Waals surface area contributed by atoms with E-state index >= 15 is 0 Å². The average Bonchev–Trinajstić information content (AvgIpc) is 3.21. The molecule has 37 heavy (non-hydrogen) atoms. The van der Waals surface area contributed by atoms with Gasteiger partial charge in [0.05, 0.1) is 19.2 Å². The predicted octanol–water partition coefficient (Wildman–Crippen LogP) is 5.89. The molecule has 3 aromatic rings. The summed E-state index contributed by atoms with van der Waals surface area (Å²) in [5.41, 5.74) is 6.43. The van der Waals surface area contributed by atoms with Crippen molar-refractivity contribution in [2.75, 3.05) is 31.6 Å². The number of anilines is 1. The van der Waals surface area contributed by atoms with Crippen LogP contribution in [0.15, 0.2) is 60.7 Å². The first kappa shape index (κ1) is 25.0. The van der Waals surface area contributed by atoms with E-state index in [1.807, 2.05) is 12.1 Å². The average molecular weight is 503 g/mol. The minimum atomic E-state index is -0.493. The van der Waals surface area contributed by atoms with Crippen LogP contribution < -0.4 is 4.90 Å². The van der Waals surface area contributed by atoms with E-state index in [-0.39, 0.29) is 11.9 Å². The summed E-state index contributed by atoms with van der Waals surface area (Å²) in [6.45, 7) is 7.20. The maximum atomic E-state index is 13.4. The van der Waals surface area contributed by atoms with Crippen LogP contribution in [0.3, 0.4) is 0 Å². The summed E-state index contributed by atoms with van der Waals surface area (Å²) in [5, 5.41) is 0. The van der Waals surface area contributed by atoms with Gasteiger partial charge in [0.2, 0.25) is 0 Å². The molecule has 2 aliphatic heterocycles. The van der Waals surface area contributed by atoms with E-state index in [1.54, 1.807) is 29.2 Å². The number of halogens is 1. The van der Waals surface area contributed by atoms with Crippen molar-refractivity contribution in [2.24, 2.45) is 0 Å². The van der Waals surface area contributed by atoms with Crippen LogP contribution in [0, 0.1) is 19.7 Å². The summed E-state index contributed by atoms with van der Waals surface area (Å²) in [6, 6.07) is 17.9. The van der Waals surface area contributed by atoms with Crippen molar-refractivity contribution in [1.29, 1.82) is 0 Å². The van der Waals surface area contributed by atoms with E-state index < -0.39 is 11.6 Å². The van der Waals surface area contributed by atoms with Crippen molar-refractivity contribution in [3.8, 4) is 11.1 Å². The SMILES string of the molecule is COC(=O)c1ccc(N2CC3(CCN(Cc4cc(C)c(-c5ccc(F)cc5)c(C)c4)CC3)OC2=O)cc1. The molecule has 0 bridgehead atoms. The normalized spacial score (nSPS) is 17.2. The van der Waals surface area contributed by atoms with Crippen molar-refractivity contribution in [2.45, 2.75) is 38.8 Å². The summed E-state index contributed by atoms with van der Waals surface area (Å²) in [7, 11) is 1.34. The second kappa shape index (κ2) is 9.98. The Labute approximate surface area is 216 Å². The molecule has 1 amide bonds. The number of ether oxygens (including phenoxy) is 2. The molecule has 2 heterocycles. The molecule has 0 radical (unpaired) electrons. The Morgan fingerprint density at radius 1 is 1.00 bits per heavy atom. The highest BCUT2D eigenvalue weighted by molar-refractivity contribution is 5.93. The molecule has 2 saturated heterocycles. The largest absolute Gasteiger partial charge is 0.465 e. The monoisotopic (exact) mass is 502 g/mol. The van der Waals surface area contributed by atoms with Gasteiger partial charge in [0, 0.05) is 38.2 Å². The number of amides is 1. The van der Waals surface area contributed by atoms with Crippen LogP contribution in [0.2, 0.25) is 0 Å². The molecule has 1 spiro atoms. The van der Waals surface area contributed by atoms with Crippen molar-refractivity contribution in [3.63, 3.8) is 0 Å². The van der Waals surface area contributed by atoms with Crippen LogP contribution in [-0.4, -0.2) is 49.3 Å². The van der Waals surface area contributed by atoms with Crippen molar-refractivity contribution in [3.05, 3.63) is 88.7 Å². The Bertz CT molecular complexity index is 1290. The van der Waals surface area contributed by atoms with Crippen LogP contribution >= 0.6 is 0 Å². The van der Waals surface area contributed by atoms with Gasteiger partial charge >= 0.3 is 12.1 Å². The van der Waals surface area contributed by atoms with Gasteiger partial charge in [-0.2, -0.15) is 0 Å². The first-order valence-electron chi connectivity index (χ1n) is 12.5. The lowest BCUT2D eigenvalue weighted by atomic mass is 9.90. The van der Waals surface area contributed by atoms with E-state index in [1.165, 1.54) is 35.9 Å². The second-order valence-corrected chi connectivity index (χ2v) is 10.1. The van der Waals surface area contributed by atoms with E-state index in [4.69, 9.17) is 9.47 Å². The molecule has 0 atom stereocenters. The van der Waals surface area contributed by atoms with Gasteiger partial charge < -0.3 is 9.47 Å². The van der Waals surface area contributed by atoms with Gasteiger partial charge in [0.15, 0.2) is 0 Å². The molecular formula is C30H31FN2O4. The molecule has 0 aromatic heterocycles. The third-order valence-corrected chi connectivity index (χ3v) is 7.47. The number of hydrogen-bond donors (Lipinski definition) is 0. The first-order chi connectivity index (χ1) is 17.8. The van der Waals surface area contributed by atoms with E-state index in [2.05, 4.69) is 30.9 Å². The fourth-order valence-electron chi connectivity index (χ4n) is 5.57. The number of likely N-dealkylation sites (tertiary alicyclic amines) is 1. The fraction of sp³-hybridized carbons (Fsp3) is 0.333. The standard InChI is InChI=1S/C30H31FN2O4/c1-20-16-22(17-21(2)27(20)23-4-8-25(31)9-5-23)18-32-14-12-30(13-15-32)19-33(29(35)37-30)26-10-6-24(7-11-26)28(34)36-3/h4-11,16-17H,12-15,18-19H2,1-3H3. The lowest BCUT2D eigenvalue weighted by Crippen LogP contribution is -2.46. The summed E-state index contributed by atoms with van der Waals surface area (Å²) < 4.78 is 24.0. The number of rotatable bonds is 5. The minimum Gasteiger partial charge on any atom is -0.465 e. The highest BCUT2D eigenvalue weighted by Crippen LogP contribution is 2.36. The molecule has 0 unspecified atom stereocenters. The Balaban J connectivity index is 1.22. The number of carbonyl (C=O) groups is 2. The molecule has 0 N–H and O–H groups in total. The van der Waals surface area contributed by atoms with Crippen LogP contribution in [0.25, 0.3) is 11.1 Å². The quantitative estimate of drug-likeness (QED) is 0.408. The van der Waals surface area contributed by atoms with Crippen LogP contribution in [-0.2, 0) is 16.0 Å². The van der Waals surface area contributed by atoms with Crippen LogP contribution in [0.4, 0.5) is 14.9 Å². The smallest absolute Gasteiger partial charge is 0.415 e. The van der Waals surface area contributed by atoms with Crippen molar-refractivity contribution < 1.29 is 23.5 Å². The summed E-state index contributed by atoms with van der Waals surface area (Å²) >= 11 is 0. The highest BCUT2D eigenvalue weighted by atomic mass is 19.1. The molecule has 0 saturated carbocycles. The molecule has 7 heteroatoms. The molecule has 192 valence electrons. The number of nitrogens with zero attached hydrogens (tertiary/aromatic N) is 2. The number of aryl methyl sites for hydroxylation is 2. The van der Waals surface area contributed by atoms with Crippen LogP contribution in [0.5, 0.6) is 0 Å².